The van der Waals surface area contributed by atoms with Crippen LogP contribution in [0.4, 0.5) is 5.82 Å². The molecule has 1 aliphatic rings. The van der Waals surface area contributed by atoms with Crippen molar-refractivity contribution in [1.29, 1.82) is 0 Å². The molecule has 5 nitrogen and oxygen atoms in total. The van der Waals surface area contributed by atoms with Crippen molar-refractivity contribution in [1.82, 2.24) is 14.9 Å². The molecule has 0 saturated carbocycles. The quantitative estimate of drug-likeness (QED) is 0.532. The van der Waals surface area contributed by atoms with Gasteiger partial charge in [0.25, 0.3) is 0 Å². The number of likely N-dealkylation sites (tertiary alicyclic amines) is 1. The maximum atomic E-state index is 5.44. The summed E-state index contributed by atoms with van der Waals surface area (Å²) >= 11 is 0. The van der Waals surface area contributed by atoms with E-state index in [0.717, 1.165) is 30.2 Å². The van der Waals surface area contributed by atoms with Gasteiger partial charge in [-0.2, -0.15) is 0 Å². The first kappa shape index (κ1) is 17.3. The van der Waals surface area contributed by atoms with Gasteiger partial charge in [0.15, 0.2) is 0 Å². The van der Waals surface area contributed by atoms with Crippen LogP contribution in [-0.4, -0.2) is 48.2 Å². The Balaban J connectivity index is 1.59. The normalized spacial score (nSPS) is 15.1. The third kappa shape index (κ3) is 2.87. The van der Waals surface area contributed by atoms with Crippen molar-refractivity contribution in [2.24, 2.45) is 0 Å². The van der Waals surface area contributed by atoms with Crippen LogP contribution >= 0.6 is 0 Å². The lowest BCUT2D eigenvalue weighted by Crippen LogP contribution is -2.26. The third-order valence-corrected chi connectivity index (χ3v) is 6.02. The van der Waals surface area contributed by atoms with Crippen LogP contribution in [0.3, 0.4) is 0 Å². The van der Waals surface area contributed by atoms with Crippen molar-refractivity contribution in [2.45, 2.75) is 19.8 Å². The molecular weight excluding hydrogens is 348 g/mol. The number of rotatable bonds is 5. The number of hydrogen-bond acceptors (Lipinski definition) is 4. The van der Waals surface area contributed by atoms with E-state index in [1.165, 1.54) is 58.6 Å². The molecule has 1 fully saturated rings. The Bertz CT molecular complexity index is 1160. The van der Waals surface area contributed by atoms with Gasteiger partial charge in [-0.1, -0.05) is 0 Å². The maximum absolute atomic E-state index is 5.44. The number of aryl methyl sites for hydroxylation is 1. The van der Waals surface area contributed by atoms with Crippen molar-refractivity contribution in [3.05, 3.63) is 42.1 Å². The largest absolute Gasteiger partial charge is 0.497 e. The first-order valence-corrected chi connectivity index (χ1v) is 10.1. The molecule has 5 rings (SSSR count). The van der Waals surface area contributed by atoms with Crippen molar-refractivity contribution in [3.8, 4) is 5.75 Å². The minimum Gasteiger partial charge on any atom is -0.497 e. The fraction of sp³-hybridized carbons (Fsp3) is 0.348. The maximum Gasteiger partial charge on any atom is 0.133 e. The van der Waals surface area contributed by atoms with E-state index in [1.807, 2.05) is 12.3 Å². The van der Waals surface area contributed by atoms with Gasteiger partial charge in [-0.15, -0.1) is 0 Å². The minimum atomic E-state index is 0.876. The van der Waals surface area contributed by atoms with Gasteiger partial charge in [-0.3, -0.25) is 0 Å². The van der Waals surface area contributed by atoms with Crippen LogP contribution in [0.1, 0.15) is 18.4 Å². The van der Waals surface area contributed by atoms with E-state index in [9.17, 15) is 0 Å². The Morgan fingerprint density at radius 1 is 1.07 bits per heavy atom. The summed E-state index contributed by atoms with van der Waals surface area (Å²) in [4.78, 5) is 10.8. The third-order valence-electron chi connectivity index (χ3n) is 6.02. The second-order valence-corrected chi connectivity index (χ2v) is 7.69. The van der Waals surface area contributed by atoms with Crippen LogP contribution in [0.5, 0.6) is 5.75 Å². The summed E-state index contributed by atoms with van der Waals surface area (Å²) < 4.78 is 5.44. The zero-order chi connectivity index (χ0) is 19.1. The van der Waals surface area contributed by atoms with Crippen LogP contribution in [0.25, 0.3) is 32.6 Å². The number of methoxy groups -OCH3 is 1. The number of anilines is 1. The van der Waals surface area contributed by atoms with Gasteiger partial charge < -0.3 is 19.9 Å². The summed E-state index contributed by atoms with van der Waals surface area (Å²) in [6.45, 7) is 6.63. The molecule has 2 aromatic carbocycles. The molecule has 4 aromatic rings. The highest BCUT2D eigenvalue weighted by Gasteiger charge is 2.14. The predicted molar refractivity (Wildman–Crippen MR) is 117 cm³/mol. The molecule has 0 unspecified atom stereocenters. The Labute approximate surface area is 164 Å². The van der Waals surface area contributed by atoms with Crippen LogP contribution in [0.15, 0.2) is 36.5 Å². The van der Waals surface area contributed by atoms with Gasteiger partial charge in [0.1, 0.15) is 11.6 Å². The van der Waals surface area contributed by atoms with E-state index >= 15 is 0 Å². The lowest BCUT2D eigenvalue weighted by Gasteiger charge is -2.16. The van der Waals surface area contributed by atoms with E-state index in [0.29, 0.717) is 0 Å². The summed E-state index contributed by atoms with van der Waals surface area (Å²) in [5.41, 5.74) is 3.57. The van der Waals surface area contributed by atoms with Gasteiger partial charge in [0, 0.05) is 41.0 Å². The summed E-state index contributed by atoms with van der Waals surface area (Å²) in [5, 5.41) is 8.40. The highest BCUT2D eigenvalue weighted by atomic mass is 16.5. The average Bonchev–Trinajstić information content (AvgIpc) is 3.36. The Morgan fingerprint density at radius 2 is 1.93 bits per heavy atom. The molecule has 0 amide bonds. The fourth-order valence-corrected chi connectivity index (χ4v) is 4.47. The Kier molecular flexibility index (Phi) is 4.32. The Morgan fingerprint density at radius 3 is 2.75 bits per heavy atom. The van der Waals surface area contributed by atoms with Crippen LogP contribution < -0.4 is 10.1 Å². The molecule has 28 heavy (non-hydrogen) atoms. The Hall–Kier alpha value is -2.79. The van der Waals surface area contributed by atoms with Crippen LogP contribution in [0.2, 0.25) is 0 Å². The summed E-state index contributed by atoms with van der Waals surface area (Å²) in [7, 11) is 1.71. The number of nitrogens with zero attached hydrogens (tertiary/aromatic N) is 2. The molecular formula is C23H26N4O. The summed E-state index contributed by atoms with van der Waals surface area (Å²) in [6.07, 6.45) is 4.56. The molecule has 0 atom stereocenters. The lowest BCUT2D eigenvalue weighted by molar-refractivity contribution is 0.352. The zero-order valence-electron chi connectivity index (χ0n) is 16.5. The van der Waals surface area contributed by atoms with Crippen molar-refractivity contribution in [3.63, 3.8) is 0 Å². The van der Waals surface area contributed by atoms with E-state index in [2.05, 4.69) is 51.4 Å². The monoisotopic (exact) mass is 374 g/mol. The second-order valence-electron chi connectivity index (χ2n) is 7.69. The molecule has 0 bridgehead atoms. The zero-order valence-corrected chi connectivity index (χ0v) is 16.5. The number of aromatic amines is 1. The average molecular weight is 374 g/mol. The van der Waals surface area contributed by atoms with Gasteiger partial charge in [0.2, 0.25) is 0 Å². The molecule has 1 aliphatic heterocycles. The standard InChI is InChI=1S/C23H26N4O/c1-15-17-7-8-24-23(25-9-12-27-10-3-4-11-27)20(17)14-19-18-13-16(28-2)5-6-21(18)26-22(15)19/h5-8,13-14,26H,3-4,9-12H2,1-2H3,(H,24,25). The number of nitrogens with one attached hydrogen (secondary N) is 2. The molecule has 2 N–H and O–H groups in total. The number of pyridine rings is 1. The fourth-order valence-electron chi connectivity index (χ4n) is 4.47. The lowest BCUT2D eigenvalue weighted by atomic mass is 10.0. The van der Waals surface area contributed by atoms with E-state index in [1.54, 1.807) is 7.11 Å². The first-order chi connectivity index (χ1) is 13.7. The molecule has 2 aromatic heterocycles. The smallest absolute Gasteiger partial charge is 0.133 e. The number of fused-ring (bicyclic) bond motifs is 4. The van der Waals surface area contributed by atoms with Gasteiger partial charge >= 0.3 is 0 Å². The molecule has 0 spiro atoms. The minimum absolute atomic E-state index is 0.876. The van der Waals surface area contributed by atoms with Gasteiger partial charge in [-0.05, 0) is 74.1 Å². The van der Waals surface area contributed by atoms with Crippen molar-refractivity contribution >= 4 is 38.4 Å². The molecule has 144 valence electrons. The van der Waals surface area contributed by atoms with E-state index < -0.39 is 0 Å². The molecule has 0 radical (unpaired) electrons. The summed E-state index contributed by atoms with van der Waals surface area (Å²) in [6, 6.07) is 10.6. The number of hydrogen-bond donors (Lipinski definition) is 2. The van der Waals surface area contributed by atoms with Gasteiger partial charge in [0.05, 0.1) is 12.6 Å². The molecule has 0 aliphatic carbocycles. The number of benzene rings is 2. The highest BCUT2D eigenvalue weighted by molar-refractivity contribution is 6.15. The predicted octanol–water partition coefficient (Wildman–Crippen LogP) is 4.69. The van der Waals surface area contributed by atoms with Crippen molar-refractivity contribution in [2.75, 3.05) is 38.6 Å². The van der Waals surface area contributed by atoms with Crippen LogP contribution in [-0.2, 0) is 0 Å². The molecule has 1 saturated heterocycles. The van der Waals surface area contributed by atoms with Crippen molar-refractivity contribution < 1.29 is 4.74 Å². The van der Waals surface area contributed by atoms with Crippen LogP contribution in [0, 0.1) is 6.92 Å². The molecule has 5 heteroatoms. The van der Waals surface area contributed by atoms with E-state index in [4.69, 9.17) is 4.74 Å². The SMILES string of the molecule is COc1ccc2[nH]c3c(C)c4ccnc(NCCN5CCCC5)c4cc3c2c1. The first-order valence-electron chi connectivity index (χ1n) is 10.1. The van der Waals surface area contributed by atoms with Gasteiger partial charge in [-0.25, -0.2) is 4.98 Å². The molecule has 3 heterocycles. The highest BCUT2D eigenvalue weighted by Crippen LogP contribution is 2.36. The number of ether oxygens (including phenoxy) is 1. The number of H-pyrrole nitrogens is 1. The van der Waals surface area contributed by atoms with E-state index in [-0.39, 0.29) is 0 Å². The second kappa shape index (κ2) is 6.99. The topological polar surface area (TPSA) is 53.2 Å². The summed E-state index contributed by atoms with van der Waals surface area (Å²) in [5.74, 6) is 1.85. The number of aromatic nitrogens is 2.